The average Bonchev–Trinajstić information content (AvgIpc) is 3.04. The number of fused-ring (bicyclic) bond motifs is 1. The molecule has 4 rings (SSSR count). The number of aromatic nitrogens is 1. The Morgan fingerprint density at radius 1 is 1.29 bits per heavy atom. The highest BCUT2D eigenvalue weighted by Gasteiger charge is 2.27. The second-order valence-electron chi connectivity index (χ2n) is 7.67. The Morgan fingerprint density at radius 2 is 2.04 bits per heavy atom. The van der Waals surface area contributed by atoms with Crippen molar-refractivity contribution in [2.24, 2.45) is 10.7 Å². The fourth-order valence-electron chi connectivity index (χ4n) is 4.21. The second kappa shape index (κ2) is 7.80. The molecule has 0 radical (unpaired) electrons. The van der Waals surface area contributed by atoms with Gasteiger partial charge >= 0.3 is 0 Å². The van der Waals surface area contributed by atoms with Crippen LogP contribution in [-0.2, 0) is 9.53 Å². The molecular weight excluding hydrogens is 352 g/mol. The fourth-order valence-corrected chi connectivity index (χ4v) is 4.21. The predicted octanol–water partition coefficient (Wildman–Crippen LogP) is 3.02. The topological polar surface area (TPSA) is 83.7 Å². The summed E-state index contributed by atoms with van der Waals surface area (Å²) in [6.07, 6.45) is 2.63. The quantitative estimate of drug-likeness (QED) is 0.840. The van der Waals surface area contributed by atoms with Crippen molar-refractivity contribution in [1.82, 2.24) is 9.88 Å². The third-order valence-electron chi connectivity index (χ3n) is 5.78. The molecule has 6 nitrogen and oxygen atoms in total. The molecule has 2 saturated heterocycles. The highest BCUT2D eigenvalue weighted by molar-refractivity contribution is 6.10. The molecule has 1 amide bonds. The lowest BCUT2D eigenvalue weighted by Gasteiger charge is -2.31. The van der Waals surface area contributed by atoms with E-state index in [0.717, 1.165) is 71.6 Å². The van der Waals surface area contributed by atoms with Crippen molar-refractivity contribution in [2.45, 2.75) is 39.2 Å². The van der Waals surface area contributed by atoms with Gasteiger partial charge in [-0.3, -0.25) is 9.79 Å². The molecule has 2 aliphatic rings. The van der Waals surface area contributed by atoms with Gasteiger partial charge in [-0.05, 0) is 25.8 Å². The van der Waals surface area contributed by atoms with Gasteiger partial charge in [-0.15, -0.1) is 0 Å². The molecule has 6 heteroatoms. The molecule has 0 atom stereocenters. The summed E-state index contributed by atoms with van der Waals surface area (Å²) in [5.41, 5.74) is 12.7. The van der Waals surface area contributed by atoms with Gasteiger partial charge in [-0.1, -0.05) is 18.2 Å². The first-order valence-corrected chi connectivity index (χ1v) is 10.0. The minimum absolute atomic E-state index is 0.0751. The fraction of sp³-hybridized carbons (Fsp3) is 0.455. The van der Waals surface area contributed by atoms with Crippen LogP contribution in [0, 0.1) is 6.92 Å². The summed E-state index contributed by atoms with van der Waals surface area (Å²) in [6, 6.07) is 8.46. The zero-order valence-corrected chi connectivity index (χ0v) is 16.6. The summed E-state index contributed by atoms with van der Waals surface area (Å²) in [5, 5.41) is 1.11. The first kappa shape index (κ1) is 18.7. The van der Waals surface area contributed by atoms with Gasteiger partial charge in [0.2, 0.25) is 5.91 Å². The normalized spacial score (nSPS) is 22.1. The van der Waals surface area contributed by atoms with Gasteiger partial charge in [0.15, 0.2) is 0 Å². The summed E-state index contributed by atoms with van der Waals surface area (Å²) in [4.78, 5) is 22.4. The Bertz CT molecular complexity index is 951. The number of ether oxygens (including phenoxy) is 1. The average molecular weight is 380 g/mol. The first-order valence-electron chi connectivity index (χ1n) is 10.0. The molecule has 2 aromatic rings. The van der Waals surface area contributed by atoms with Crippen molar-refractivity contribution in [3.63, 3.8) is 0 Å². The number of nitrogens with zero attached hydrogens (tertiary/aromatic N) is 2. The lowest BCUT2D eigenvalue weighted by atomic mass is 9.94. The number of H-pyrrole nitrogens is 1. The van der Waals surface area contributed by atoms with Crippen LogP contribution in [0.4, 0.5) is 0 Å². The van der Waals surface area contributed by atoms with Crippen LogP contribution in [-0.4, -0.2) is 53.8 Å². The van der Waals surface area contributed by atoms with Crippen molar-refractivity contribution in [1.29, 1.82) is 0 Å². The Balaban J connectivity index is 1.80. The molecule has 1 aromatic heterocycles. The maximum Gasteiger partial charge on any atom is 0.219 e. The van der Waals surface area contributed by atoms with Crippen LogP contribution >= 0.6 is 0 Å². The number of amides is 1. The lowest BCUT2D eigenvalue weighted by Crippen LogP contribution is -2.40. The van der Waals surface area contributed by atoms with Gasteiger partial charge < -0.3 is 20.4 Å². The summed E-state index contributed by atoms with van der Waals surface area (Å²) in [5.74, 6) is 0.0751. The van der Waals surface area contributed by atoms with Crippen LogP contribution < -0.4 is 5.73 Å². The van der Waals surface area contributed by atoms with E-state index in [-0.39, 0.29) is 11.9 Å². The van der Waals surface area contributed by atoms with Crippen molar-refractivity contribution in [3.05, 3.63) is 41.1 Å². The Kier molecular flexibility index (Phi) is 5.22. The highest BCUT2D eigenvalue weighted by atomic mass is 16.5. The van der Waals surface area contributed by atoms with E-state index in [0.29, 0.717) is 13.1 Å². The van der Waals surface area contributed by atoms with Crippen LogP contribution in [0.25, 0.3) is 16.6 Å². The van der Waals surface area contributed by atoms with E-state index >= 15 is 0 Å². The standard InChI is InChI=1S/C22H28N4O2/c1-14-21(17-5-3-4-6-19(17)24-14)22(23)18-13-26(15(2)27)10-7-20(18)25-16-8-11-28-12-9-16/h3-6,16,24H,7-13,23H2,1-2H3. The maximum atomic E-state index is 12.0. The van der Waals surface area contributed by atoms with E-state index in [2.05, 4.69) is 17.1 Å². The number of para-hydroxylation sites is 1. The van der Waals surface area contributed by atoms with E-state index in [1.54, 1.807) is 6.92 Å². The number of nitrogens with one attached hydrogen (secondary N) is 1. The maximum absolute atomic E-state index is 12.0. The van der Waals surface area contributed by atoms with E-state index < -0.39 is 0 Å². The van der Waals surface area contributed by atoms with Gasteiger partial charge in [0, 0.05) is 78.8 Å². The highest BCUT2D eigenvalue weighted by Crippen LogP contribution is 2.30. The third-order valence-corrected chi connectivity index (χ3v) is 5.78. The number of aromatic amines is 1. The third kappa shape index (κ3) is 3.56. The minimum Gasteiger partial charge on any atom is -0.398 e. The van der Waals surface area contributed by atoms with Crippen molar-refractivity contribution >= 4 is 28.2 Å². The predicted molar refractivity (Wildman–Crippen MR) is 112 cm³/mol. The monoisotopic (exact) mass is 380 g/mol. The zero-order valence-electron chi connectivity index (χ0n) is 16.6. The van der Waals surface area contributed by atoms with Gasteiger partial charge in [-0.25, -0.2) is 0 Å². The number of rotatable bonds is 2. The summed E-state index contributed by atoms with van der Waals surface area (Å²) in [6.45, 7) is 6.40. The van der Waals surface area contributed by atoms with Gasteiger partial charge in [0.05, 0.1) is 6.04 Å². The Labute approximate surface area is 165 Å². The molecule has 2 aliphatic heterocycles. The number of hydrogen-bond acceptors (Lipinski definition) is 4. The number of nitrogens with two attached hydrogens (primary N) is 1. The lowest BCUT2D eigenvalue weighted by molar-refractivity contribution is -0.128. The van der Waals surface area contributed by atoms with Crippen LogP contribution in [0.3, 0.4) is 0 Å². The van der Waals surface area contributed by atoms with E-state index in [9.17, 15) is 4.79 Å². The second-order valence-corrected chi connectivity index (χ2v) is 7.67. The summed E-state index contributed by atoms with van der Waals surface area (Å²) < 4.78 is 5.47. The number of aliphatic imine (C=N–C) groups is 1. The molecule has 1 aromatic carbocycles. The van der Waals surface area contributed by atoms with Gasteiger partial charge in [-0.2, -0.15) is 0 Å². The van der Waals surface area contributed by atoms with E-state index in [1.807, 2.05) is 24.0 Å². The Morgan fingerprint density at radius 3 is 2.79 bits per heavy atom. The molecule has 3 N–H and O–H groups in total. The molecule has 0 bridgehead atoms. The SMILES string of the molecule is CC(=O)N1CCC(=NC2CCOCC2)C(=C(N)c2c(C)[nH]c3ccccc23)C1. The van der Waals surface area contributed by atoms with E-state index in [4.69, 9.17) is 15.5 Å². The van der Waals surface area contributed by atoms with Crippen LogP contribution in [0.2, 0.25) is 0 Å². The summed E-state index contributed by atoms with van der Waals surface area (Å²) in [7, 11) is 0. The number of carbonyl (C=O) groups is 1. The Hall–Kier alpha value is -2.60. The number of hydrogen-bond donors (Lipinski definition) is 2. The molecule has 148 valence electrons. The summed E-state index contributed by atoms with van der Waals surface area (Å²) >= 11 is 0. The molecule has 2 fully saturated rings. The largest absolute Gasteiger partial charge is 0.398 e. The van der Waals surface area contributed by atoms with Gasteiger partial charge in [0.25, 0.3) is 0 Å². The molecular formula is C22H28N4O2. The number of carbonyl (C=O) groups excluding carboxylic acids is 1. The van der Waals surface area contributed by atoms with Crippen molar-refractivity contribution < 1.29 is 9.53 Å². The number of piperidine rings is 1. The van der Waals surface area contributed by atoms with Crippen LogP contribution in [0.15, 0.2) is 34.8 Å². The van der Waals surface area contributed by atoms with Crippen molar-refractivity contribution in [3.8, 4) is 0 Å². The molecule has 0 saturated carbocycles. The first-order chi connectivity index (χ1) is 13.5. The van der Waals surface area contributed by atoms with E-state index in [1.165, 1.54) is 0 Å². The minimum atomic E-state index is 0.0751. The number of aryl methyl sites for hydroxylation is 1. The van der Waals surface area contributed by atoms with Crippen LogP contribution in [0.5, 0.6) is 0 Å². The molecule has 0 spiro atoms. The molecule has 0 unspecified atom stereocenters. The molecule has 3 heterocycles. The number of likely N-dealkylation sites (tertiary alicyclic amines) is 1. The van der Waals surface area contributed by atoms with Crippen molar-refractivity contribution in [2.75, 3.05) is 26.3 Å². The molecule has 0 aliphatic carbocycles. The smallest absolute Gasteiger partial charge is 0.219 e. The van der Waals surface area contributed by atoms with Gasteiger partial charge in [0.1, 0.15) is 0 Å². The van der Waals surface area contributed by atoms with Crippen LogP contribution in [0.1, 0.15) is 37.4 Å². The number of benzene rings is 1. The molecule has 28 heavy (non-hydrogen) atoms. The zero-order chi connectivity index (χ0) is 19.7.